The molecule has 1 unspecified atom stereocenters. The average Bonchev–Trinajstić information content (AvgIpc) is 2.37. The van der Waals surface area contributed by atoms with E-state index in [-0.39, 0.29) is 12.0 Å². The van der Waals surface area contributed by atoms with Crippen molar-refractivity contribution in [1.29, 1.82) is 0 Å². The normalized spacial score (nSPS) is 19.5. The lowest BCUT2D eigenvalue weighted by atomic mass is 10.1. The number of carbonyl (C=O) groups excluding carboxylic acids is 1. The molecule has 1 saturated heterocycles. The summed E-state index contributed by atoms with van der Waals surface area (Å²) in [6.07, 6.45) is 2.26. The molecule has 1 aliphatic rings. The predicted octanol–water partition coefficient (Wildman–Crippen LogP) is 3.40. The Labute approximate surface area is 123 Å². The maximum atomic E-state index is 12.5. The van der Waals surface area contributed by atoms with Gasteiger partial charge in [-0.2, -0.15) is 0 Å². The van der Waals surface area contributed by atoms with E-state index in [1.807, 2.05) is 36.9 Å². The van der Waals surface area contributed by atoms with Gasteiger partial charge in [-0.05, 0) is 50.5 Å². The van der Waals surface area contributed by atoms with Crippen molar-refractivity contribution in [3.05, 3.63) is 33.8 Å². The molecule has 3 nitrogen and oxygen atoms in total. The molecule has 4 heteroatoms. The van der Waals surface area contributed by atoms with Crippen molar-refractivity contribution in [2.45, 2.75) is 32.8 Å². The van der Waals surface area contributed by atoms with Gasteiger partial charge in [-0.1, -0.05) is 15.9 Å². The second-order valence-corrected chi connectivity index (χ2v) is 5.90. The van der Waals surface area contributed by atoms with Crippen molar-refractivity contribution in [3.8, 4) is 0 Å². The number of hydrogen-bond donors (Lipinski definition) is 0. The molecule has 1 aliphatic heterocycles. The molecule has 1 aromatic carbocycles. The van der Waals surface area contributed by atoms with Gasteiger partial charge >= 0.3 is 0 Å². The number of piperidine rings is 1. The highest BCUT2D eigenvalue weighted by Gasteiger charge is 2.24. The van der Waals surface area contributed by atoms with Crippen LogP contribution in [0.25, 0.3) is 0 Å². The van der Waals surface area contributed by atoms with Crippen molar-refractivity contribution in [2.24, 2.45) is 0 Å². The highest BCUT2D eigenvalue weighted by molar-refractivity contribution is 9.10. The van der Waals surface area contributed by atoms with Crippen LogP contribution in [0.2, 0.25) is 0 Å². The van der Waals surface area contributed by atoms with Gasteiger partial charge in [0.25, 0.3) is 5.91 Å². The van der Waals surface area contributed by atoms with Gasteiger partial charge in [0.15, 0.2) is 0 Å². The van der Waals surface area contributed by atoms with E-state index in [0.717, 1.165) is 35.0 Å². The minimum absolute atomic E-state index is 0.105. The first-order chi connectivity index (χ1) is 9.10. The van der Waals surface area contributed by atoms with Gasteiger partial charge in [0.05, 0.1) is 6.10 Å². The van der Waals surface area contributed by atoms with Crippen LogP contribution in [0.4, 0.5) is 0 Å². The number of aryl methyl sites for hydroxylation is 1. The third-order valence-electron chi connectivity index (χ3n) is 3.36. The number of likely N-dealkylation sites (tertiary alicyclic amines) is 1. The van der Waals surface area contributed by atoms with E-state index in [2.05, 4.69) is 15.9 Å². The molecular formula is C15H20BrNO2. The summed E-state index contributed by atoms with van der Waals surface area (Å²) in [6.45, 7) is 6.24. The molecule has 0 saturated carbocycles. The molecular weight excluding hydrogens is 306 g/mol. The first kappa shape index (κ1) is 14.5. The topological polar surface area (TPSA) is 29.5 Å². The maximum absolute atomic E-state index is 12.5. The fourth-order valence-corrected chi connectivity index (χ4v) is 3.14. The second-order valence-electron chi connectivity index (χ2n) is 4.99. The van der Waals surface area contributed by atoms with Crippen LogP contribution in [0.3, 0.4) is 0 Å². The lowest BCUT2D eigenvalue weighted by molar-refractivity contribution is 0.00724. The van der Waals surface area contributed by atoms with Gasteiger partial charge in [-0.3, -0.25) is 4.79 Å². The summed E-state index contributed by atoms with van der Waals surface area (Å²) in [5, 5.41) is 0. The molecule has 0 radical (unpaired) electrons. The summed E-state index contributed by atoms with van der Waals surface area (Å²) < 4.78 is 6.60. The third kappa shape index (κ3) is 3.80. The minimum atomic E-state index is 0.105. The maximum Gasteiger partial charge on any atom is 0.253 e. The van der Waals surface area contributed by atoms with Gasteiger partial charge in [0.1, 0.15) is 0 Å². The molecule has 19 heavy (non-hydrogen) atoms. The number of ether oxygens (including phenoxy) is 1. The summed E-state index contributed by atoms with van der Waals surface area (Å²) >= 11 is 3.45. The lowest BCUT2D eigenvalue weighted by Gasteiger charge is -2.32. The van der Waals surface area contributed by atoms with Crippen molar-refractivity contribution >= 4 is 21.8 Å². The number of rotatable bonds is 3. The number of carbonyl (C=O) groups is 1. The molecule has 1 heterocycles. The zero-order valence-electron chi connectivity index (χ0n) is 11.5. The Morgan fingerprint density at radius 1 is 1.47 bits per heavy atom. The van der Waals surface area contributed by atoms with E-state index in [1.165, 1.54) is 0 Å². The standard InChI is InChI=1S/C15H20BrNO2/c1-3-19-14-5-4-6-17(10-14)15(18)12-7-11(2)8-13(16)9-12/h7-9,14H,3-6,10H2,1-2H3. The highest BCUT2D eigenvalue weighted by atomic mass is 79.9. The Morgan fingerprint density at radius 3 is 2.95 bits per heavy atom. The SMILES string of the molecule is CCOC1CCCN(C(=O)c2cc(C)cc(Br)c2)C1. The quantitative estimate of drug-likeness (QED) is 0.852. The van der Waals surface area contributed by atoms with Gasteiger partial charge < -0.3 is 9.64 Å². The van der Waals surface area contributed by atoms with E-state index in [0.29, 0.717) is 13.2 Å². The Hall–Kier alpha value is -0.870. The van der Waals surface area contributed by atoms with Gasteiger partial charge in [0.2, 0.25) is 0 Å². The molecule has 2 rings (SSSR count). The zero-order valence-corrected chi connectivity index (χ0v) is 13.1. The molecule has 104 valence electrons. The fourth-order valence-electron chi connectivity index (χ4n) is 2.54. The molecule has 1 fully saturated rings. The number of benzene rings is 1. The van der Waals surface area contributed by atoms with Crippen LogP contribution >= 0.6 is 15.9 Å². The Balaban J connectivity index is 2.10. The number of halogens is 1. The summed E-state index contributed by atoms with van der Waals surface area (Å²) in [5.74, 6) is 0.105. The van der Waals surface area contributed by atoms with Crippen LogP contribution in [0, 0.1) is 6.92 Å². The number of nitrogens with zero attached hydrogens (tertiary/aromatic N) is 1. The van der Waals surface area contributed by atoms with Crippen LogP contribution in [0.1, 0.15) is 35.7 Å². The first-order valence-corrected chi connectivity index (χ1v) is 7.57. The summed E-state index contributed by atoms with van der Waals surface area (Å²) in [7, 11) is 0. The summed E-state index contributed by atoms with van der Waals surface area (Å²) in [6, 6.07) is 5.84. The molecule has 1 amide bonds. The van der Waals surface area contributed by atoms with Crippen LogP contribution in [0.15, 0.2) is 22.7 Å². The minimum Gasteiger partial charge on any atom is -0.377 e. The Morgan fingerprint density at radius 2 is 2.26 bits per heavy atom. The molecule has 1 atom stereocenters. The number of amides is 1. The average molecular weight is 326 g/mol. The fraction of sp³-hybridized carbons (Fsp3) is 0.533. The van der Waals surface area contributed by atoms with Crippen LogP contribution in [-0.2, 0) is 4.74 Å². The molecule has 1 aromatic rings. The van der Waals surface area contributed by atoms with Crippen LogP contribution in [-0.4, -0.2) is 36.6 Å². The van der Waals surface area contributed by atoms with E-state index in [4.69, 9.17) is 4.74 Å². The zero-order chi connectivity index (χ0) is 13.8. The monoisotopic (exact) mass is 325 g/mol. The molecule has 0 aliphatic carbocycles. The number of hydrogen-bond acceptors (Lipinski definition) is 2. The Bertz CT molecular complexity index is 439. The van der Waals surface area contributed by atoms with E-state index in [1.54, 1.807) is 0 Å². The van der Waals surface area contributed by atoms with Crippen LogP contribution in [0.5, 0.6) is 0 Å². The van der Waals surface area contributed by atoms with Gasteiger partial charge in [-0.25, -0.2) is 0 Å². The van der Waals surface area contributed by atoms with E-state index < -0.39 is 0 Å². The third-order valence-corrected chi connectivity index (χ3v) is 3.81. The van der Waals surface area contributed by atoms with Gasteiger partial charge in [-0.15, -0.1) is 0 Å². The van der Waals surface area contributed by atoms with E-state index in [9.17, 15) is 4.79 Å². The van der Waals surface area contributed by atoms with Crippen molar-refractivity contribution < 1.29 is 9.53 Å². The van der Waals surface area contributed by atoms with E-state index >= 15 is 0 Å². The molecule has 0 bridgehead atoms. The Kier molecular flexibility index (Phi) is 4.99. The largest absolute Gasteiger partial charge is 0.377 e. The van der Waals surface area contributed by atoms with Gasteiger partial charge in [0, 0.05) is 29.7 Å². The van der Waals surface area contributed by atoms with Crippen molar-refractivity contribution in [3.63, 3.8) is 0 Å². The van der Waals surface area contributed by atoms with Crippen molar-refractivity contribution in [1.82, 2.24) is 4.90 Å². The second kappa shape index (κ2) is 6.53. The first-order valence-electron chi connectivity index (χ1n) is 6.78. The highest BCUT2D eigenvalue weighted by Crippen LogP contribution is 2.20. The lowest BCUT2D eigenvalue weighted by Crippen LogP contribution is -2.43. The smallest absolute Gasteiger partial charge is 0.253 e. The molecule has 0 aromatic heterocycles. The summed E-state index contributed by atoms with van der Waals surface area (Å²) in [5.41, 5.74) is 1.85. The molecule has 0 spiro atoms. The van der Waals surface area contributed by atoms with Crippen molar-refractivity contribution in [2.75, 3.05) is 19.7 Å². The predicted molar refractivity (Wildman–Crippen MR) is 79.4 cm³/mol. The summed E-state index contributed by atoms with van der Waals surface area (Å²) in [4.78, 5) is 14.4. The van der Waals surface area contributed by atoms with Crippen LogP contribution < -0.4 is 0 Å². The molecule has 0 N–H and O–H groups in total.